The number of pyridine rings is 1. The van der Waals surface area contributed by atoms with Crippen molar-refractivity contribution >= 4 is 46.2 Å². The molecule has 3 rings (SSSR count). The van der Waals surface area contributed by atoms with Crippen LogP contribution in [-0.2, 0) is 13.1 Å². The van der Waals surface area contributed by atoms with Crippen LogP contribution in [-0.4, -0.2) is 22.1 Å². The van der Waals surface area contributed by atoms with Gasteiger partial charge in [-0.25, -0.2) is 0 Å². The van der Waals surface area contributed by atoms with Gasteiger partial charge in [0.1, 0.15) is 5.75 Å². The van der Waals surface area contributed by atoms with Crippen molar-refractivity contribution in [2.75, 3.05) is 12.4 Å². The number of thiocarbonyl (C=S) groups is 1. The number of anilines is 1. The minimum atomic E-state index is 0.462. The molecule has 1 heterocycles. The zero-order valence-corrected chi connectivity index (χ0v) is 17.6. The van der Waals surface area contributed by atoms with Gasteiger partial charge in [-0.2, -0.15) is 0 Å². The van der Waals surface area contributed by atoms with E-state index in [1.54, 1.807) is 13.3 Å². The van der Waals surface area contributed by atoms with Gasteiger partial charge in [-0.15, -0.1) is 0 Å². The Morgan fingerprint density at radius 3 is 2.50 bits per heavy atom. The Hall–Kier alpha value is -2.34. The van der Waals surface area contributed by atoms with Crippen LogP contribution in [0.15, 0.2) is 67.0 Å². The molecule has 1 aromatic heterocycles. The van der Waals surface area contributed by atoms with E-state index in [2.05, 4.69) is 10.3 Å². The van der Waals surface area contributed by atoms with E-state index in [1.807, 2.05) is 65.7 Å². The normalized spacial score (nSPS) is 10.4. The number of nitrogens with one attached hydrogen (secondary N) is 1. The minimum Gasteiger partial charge on any atom is -0.497 e. The second-order valence-electron chi connectivity index (χ2n) is 6.08. The van der Waals surface area contributed by atoms with E-state index in [4.69, 9.17) is 40.2 Å². The number of aromatic nitrogens is 1. The Kier molecular flexibility index (Phi) is 7.09. The third kappa shape index (κ3) is 5.35. The van der Waals surface area contributed by atoms with Gasteiger partial charge in [-0.05, 0) is 48.1 Å². The molecule has 144 valence electrons. The van der Waals surface area contributed by atoms with Crippen LogP contribution in [0.2, 0.25) is 10.0 Å². The standard InChI is InChI=1S/C21H19Cl2N3OS/c1-27-17-7-2-6-16(11-17)25-21(28)26(13-15-5-4-10-24-12-15)14-18-19(22)8-3-9-20(18)23/h2-12H,13-14H2,1H3,(H,25,28). The van der Waals surface area contributed by atoms with Gasteiger partial charge < -0.3 is 15.0 Å². The molecule has 0 atom stereocenters. The molecule has 0 spiro atoms. The fourth-order valence-corrected chi connectivity index (χ4v) is 3.45. The molecule has 7 heteroatoms. The molecule has 0 aliphatic carbocycles. The molecule has 0 amide bonds. The molecule has 0 saturated carbocycles. The summed E-state index contributed by atoms with van der Waals surface area (Å²) in [4.78, 5) is 6.19. The van der Waals surface area contributed by atoms with Crippen LogP contribution in [0.5, 0.6) is 5.75 Å². The van der Waals surface area contributed by atoms with Crippen molar-refractivity contribution in [2.24, 2.45) is 0 Å². The van der Waals surface area contributed by atoms with Crippen LogP contribution in [0.25, 0.3) is 0 Å². The van der Waals surface area contributed by atoms with Crippen molar-refractivity contribution in [1.82, 2.24) is 9.88 Å². The summed E-state index contributed by atoms with van der Waals surface area (Å²) in [7, 11) is 1.63. The number of nitrogens with zero attached hydrogens (tertiary/aromatic N) is 2. The van der Waals surface area contributed by atoms with Crippen molar-refractivity contribution < 1.29 is 4.74 Å². The topological polar surface area (TPSA) is 37.4 Å². The molecule has 0 fully saturated rings. The molecule has 4 nitrogen and oxygen atoms in total. The quantitative estimate of drug-likeness (QED) is 0.499. The van der Waals surface area contributed by atoms with Gasteiger partial charge in [0, 0.05) is 52.8 Å². The van der Waals surface area contributed by atoms with Crippen molar-refractivity contribution in [3.63, 3.8) is 0 Å². The summed E-state index contributed by atoms with van der Waals surface area (Å²) in [6, 6.07) is 17.0. The number of ether oxygens (including phenoxy) is 1. The Morgan fingerprint density at radius 1 is 1.07 bits per heavy atom. The van der Waals surface area contributed by atoms with E-state index < -0.39 is 0 Å². The summed E-state index contributed by atoms with van der Waals surface area (Å²) in [6.45, 7) is 1.02. The highest BCUT2D eigenvalue weighted by Gasteiger charge is 2.16. The molecule has 2 aromatic carbocycles. The summed E-state index contributed by atoms with van der Waals surface area (Å²) in [6.07, 6.45) is 3.56. The molecule has 0 saturated heterocycles. The predicted octanol–water partition coefficient (Wildman–Crippen LogP) is 5.80. The lowest BCUT2D eigenvalue weighted by Crippen LogP contribution is -2.34. The van der Waals surface area contributed by atoms with Crippen LogP contribution in [0.3, 0.4) is 0 Å². The van der Waals surface area contributed by atoms with E-state index in [9.17, 15) is 0 Å². The molecular formula is C21H19Cl2N3OS. The third-order valence-corrected chi connectivity index (χ3v) is 5.18. The fraction of sp³-hybridized carbons (Fsp3) is 0.143. The van der Waals surface area contributed by atoms with Gasteiger partial charge in [0.15, 0.2) is 5.11 Å². The maximum absolute atomic E-state index is 6.38. The summed E-state index contributed by atoms with van der Waals surface area (Å²) in [5, 5.41) is 5.03. The lowest BCUT2D eigenvalue weighted by atomic mass is 10.2. The van der Waals surface area contributed by atoms with Crippen LogP contribution in [0.1, 0.15) is 11.1 Å². The Balaban J connectivity index is 1.85. The highest BCUT2D eigenvalue weighted by Crippen LogP contribution is 2.27. The largest absolute Gasteiger partial charge is 0.497 e. The van der Waals surface area contributed by atoms with Gasteiger partial charge >= 0.3 is 0 Å². The highest BCUT2D eigenvalue weighted by atomic mass is 35.5. The summed E-state index contributed by atoms with van der Waals surface area (Å²) < 4.78 is 5.28. The molecule has 0 aliphatic heterocycles. The lowest BCUT2D eigenvalue weighted by molar-refractivity contribution is 0.411. The zero-order valence-electron chi connectivity index (χ0n) is 15.2. The van der Waals surface area contributed by atoms with Crippen molar-refractivity contribution in [3.05, 3.63) is 88.2 Å². The van der Waals surface area contributed by atoms with Gasteiger partial charge in [0.05, 0.1) is 7.11 Å². The Bertz CT molecular complexity index is 933. The highest BCUT2D eigenvalue weighted by molar-refractivity contribution is 7.80. The van der Waals surface area contributed by atoms with E-state index in [0.29, 0.717) is 28.2 Å². The van der Waals surface area contributed by atoms with Gasteiger partial charge in [0.2, 0.25) is 0 Å². The number of halogens is 2. The number of hydrogen-bond donors (Lipinski definition) is 1. The average Bonchev–Trinajstić information content (AvgIpc) is 2.71. The number of methoxy groups -OCH3 is 1. The summed E-state index contributed by atoms with van der Waals surface area (Å²) in [5.41, 5.74) is 2.69. The molecule has 0 bridgehead atoms. The fourth-order valence-electron chi connectivity index (χ4n) is 2.69. The van der Waals surface area contributed by atoms with Crippen molar-refractivity contribution in [3.8, 4) is 5.75 Å². The smallest absolute Gasteiger partial charge is 0.174 e. The second kappa shape index (κ2) is 9.73. The Labute approximate surface area is 180 Å². The van der Waals surface area contributed by atoms with E-state index >= 15 is 0 Å². The number of benzene rings is 2. The molecule has 28 heavy (non-hydrogen) atoms. The first-order valence-corrected chi connectivity index (χ1v) is 9.75. The summed E-state index contributed by atoms with van der Waals surface area (Å²) >= 11 is 18.4. The molecule has 0 unspecified atom stereocenters. The molecular weight excluding hydrogens is 413 g/mol. The number of hydrogen-bond acceptors (Lipinski definition) is 3. The number of rotatable bonds is 6. The second-order valence-corrected chi connectivity index (χ2v) is 7.28. The maximum Gasteiger partial charge on any atom is 0.174 e. The molecule has 3 aromatic rings. The van der Waals surface area contributed by atoms with E-state index in [0.717, 1.165) is 22.6 Å². The van der Waals surface area contributed by atoms with Crippen molar-refractivity contribution in [1.29, 1.82) is 0 Å². The van der Waals surface area contributed by atoms with Crippen LogP contribution >= 0.6 is 35.4 Å². The Morgan fingerprint density at radius 2 is 1.82 bits per heavy atom. The maximum atomic E-state index is 6.38. The minimum absolute atomic E-state index is 0.462. The van der Waals surface area contributed by atoms with Gasteiger partial charge in [-0.3, -0.25) is 4.98 Å². The van der Waals surface area contributed by atoms with Crippen LogP contribution < -0.4 is 10.1 Å². The SMILES string of the molecule is COc1cccc(NC(=S)N(Cc2cccnc2)Cc2c(Cl)cccc2Cl)c1. The van der Waals surface area contributed by atoms with E-state index in [1.165, 1.54) is 0 Å². The van der Waals surface area contributed by atoms with Crippen LogP contribution in [0.4, 0.5) is 5.69 Å². The third-order valence-electron chi connectivity index (χ3n) is 4.12. The van der Waals surface area contributed by atoms with Crippen molar-refractivity contribution in [2.45, 2.75) is 13.1 Å². The van der Waals surface area contributed by atoms with Gasteiger partial charge in [0.25, 0.3) is 0 Å². The molecule has 0 aliphatic rings. The first kappa shape index (κ1) is 20.4. The van der Waals surface area contributed by atoms with Gasteiger partial charge in [-0.1, -0.05) is 41.4 Å². The summed E-state index contributed by atoms with van der Waals surface area (Å²) in [5.74, 6) is 0.751. The van der Waals surface area contributed by atoms with E-state index in [-0.39, 0.29) is 0 Å². The lowest BCUT2D eigenvalue weighted by Gasteiger charge is -2.27. The van der Waals surface area contributed by atoms with Crippen LogP contribution in [0, 0.1) is 0 Å². The molecule has 0 radical (unpaired) electrons. The first-order valence-electron chi connectivity index (χ1n) is 8.58. The monoisotopic (exact) mass is 431 g/mol. The first-order chi connectivity index (χ1) is 13.6. The average molecular weight is 432 g/mol. The zero-order chi connectivity index (χ0) is 19.9. The molecule has 1 N–H and O–H groups in total. The predicted molar refractivity (Wildman–Crippen MR) is 119 cm³/mol.